The van der Waals surface area contributed by atoms with Gasteiger partial charge in [0.2, 0.25) is 0 Å². The molecule has 39 heavy (non-hydrogen) atoms. The van der Waals surface area contributed by atoms with Gasteiger partial charge in [0.1, 0.15) is 16.4 Å². The number of rotatable bonds is 10. The molecular weight excluding hydrogens is 526 g/mol. The van der Waals surface area contributed by atoms with Crippen molar-refractivity contribution >= 4 is 39.3 Å². The third kappa shape index (κ3) is 6.93. The van der Waals surface area contributed by atoms with Gasteiger partial charge in [-0.3, -0.25) is 25.2 Å². The van der Waals surface area contributed by atoms with Gasteiger partial charge < -0.3 is 9.47 Å². The van der Waals surface area contributed by atoms with Crippen LogP contribution in [0.25, 0.3) is 0 Å². The van der Waals surface area contributed by atoms with Gasteiger partial charge in [-0.1, -0.05) is 0 Å². The molecule has 13 heteroatoms. The summed E-state index contributed by atoms with van der Waals surface area (Å²) in [5.74, 6) is 0.285. The van der Waals surface area contributed by atoms with E-state index < -0.39 is 26.6 Å². The number of nitrogens with one attached hydrogen (secondary N) is 2. The summed E-state index contributed by atoms with van der Waals surface area (Å²) in [7, 11) is -2.76. The number of carbonyl (C=O) groups excluding carboxylic acids is 1. The Morgan fingerprint density at radius 1 is 1.03 bits per heavy atom. The molecule has 2 N–H and O–H groups in total. The largest absolute Gasteiger partial charge is 0.497 e. The number of esters is 1. The lowest BCUT2D eigenvalue weighted by Crippen LogP contribution is -2.15. The molecule has 0 saturated heterocycles. The van der Waals surface area contributed by atoms with Gasteiger partial charge in [-0.2, -0.15) is 5.10 Å². The minimum absolute atomic E-state index is 0.0138. The van der Waals surface area contributed by atoms with Crippen molar-refractivity contribution in [2.45, 2.75) is 4.90 Å². The molecule has 0 saturated carbocycles. The second-order valence-electron chi connectivity index (χ2n) is 7.84. The Bertz CT molecular complexity index is 1610. The summed E-state index contributed by atoms with van der Waals surface area (Å²) in [4.78, 5) is 26.2. The molecule has 1 heterocycles. The highest BCUT2D eigenvalue weighted by Gasteiger charge is 2.23. The van der Waals surface area contributed by atoms with Crippen LogP contribution in [0.15, 0.2) is 101 Å². The number of nitro benzene ring substituents is 1. The van der Waals surface area contributed by atoms with Crippen molar-refractivity contribution in [1.82, 2.24) is 4.98 Å². The van der Waals surface area contributed by atoms with Crippen molar-refractivity contribution in [3.8, 4) is 11.5 Å². The number of ether oxygens (including phenoxy) is 2. The number of methoxy groups -OCH3 is 1. The molecule has 3 aromatic carbocycles. The number of non-ortho nitro benzene ring substituents is 1. The number of hydrogen-bond donors (Lipinski definition) is 2. The molecule has 1 aromatic heterocycles. The summed E-state index contributed by atoms with van der Waals surface area (Å²) in [5.41, 5.74) is 3.38. The standard InChI is InChI=1S/C26H21N5O7S/c1-37-22-11-6-20(7-12-22)30-39(35,36)25-15-21(31(33)34)8-13-24(25)29-28-16-18-4-9-23(10-5-18)38-26(32)19-3-2-14-27-17-19/h2-17,29-30H,1H3. The molecule has 0 atom stereocenters. The number of hydrazone groups is 1. The van der Waals surface area contributed by atoms with Crippen LogP contribution in [0.2, 0.25) is 0 Å². The van der Waals surface area contributed by atoms with Crippen molar-refractivity contribution in [1.29, 1.82) is 0 Å². The lowest BCUT2D eigenvalue weighted by Gasteiger charge is -2.12. The number of anilines is 2. The van der Waals surface area contributed by atoms with E-state index in [1.54, 1.807) is 54.7 Å². The van der Waals surface area contributed by atoms with Crippen molar-refractivity contribution < 1.29 is 27.6 Å². The molecular formula is C26H21N5O7S. The minimum Gasteiger partial charge on any atom is -0.497 e. The molecule has 0 aliphatic carbocycles. The lowest BCUT2D eigenvalue weighted by molar-refractivity contribution is -0.385. The van der Waals surface area contributed by atoms with Gasteiger partial charge in [-0.05, 0) is 72.3 Å². The van der Waals surface area contributed by atoms with Gasteiger partial charge in [0.15, 0.2) is 0 Å². The Morgan fingerprint density at radius 2 is 1.74 bits per heavy atom. The fourth-order valence-electron chi connectivity index (χ4n) is 3.26. The highest BCUT2D eigenvalue weighted by molar-refractivity contribution is 7.92. The maximum absolute atomic E-state index is 13.1. The van der Waals surface area contributed by atoms with Crippen molar-refractivity contribution in [2.24, 2.45) is 5.10 Å². The van der Waals surface area contributed by atoms with E-state index in [2.05, 4.69) is 20.2 Å². The molecule has 0 bridgehead atoms. The van der Waals surface area contributed by atoms with Crippen LogP contribution >= 0.6 is 0 Å². The summed E-state index contributed by atoms with van der Waals surface area (Å²) >= 11 is 0. The Hall–Kier alpha value is -5.30. The summed E-state index contributed by atoms with van der Waals surface area (Å²) in [6, 6.07) is 19.1. The average molecular weight is 548 g/mol. The smallest absolute Gasteiger partial charge is 0.345 e. The maximum atomic E-state index is 13.1. The van der Waals surface area contributed by atoms with E-state index in [-0.39, 0.29) is 16.3 Å². The predicted octanol–water partition coefficient (Wildman–Crippen LogP) is 4.46. The van der Waals surface area contributed by atoms with Crippen LogP contribution < -0.4 is 19.6 Å². The molecule has 198 valence electrons. The molecule has 12 nitrogen and oxygen atoms in total. The second-order valence-corrected chi connectivity index (χ2v) is 9.49. The van der Waals surface area contributed by atoms with Crippen LogP contribution in [0.3, 0.4) is 0 Å². The van der Waals surface area contributed by atoms with Crippen LogP contribution in [0, 0.1) is 10.1 Å². The Morgan fingerprint density at radius 3 is 2.38 bits per heavy atom. The first-order valence-electron chi connectivity index (χ1n) is 11.2. The number of sulfonamides is 1. The fraction of sp³-hybridized carbons (Fsp3) is 0.0385. The van der Waals surface area contributed by atoms with Crippen LogP contribution in [0.5, 0.6) is 11.5 Å². The van der Waals surface area contributed by atoms with E-state index in [9.17, 15) is 23.3 Å². The van der Waals surface area contributed by atoms with Crippen molar-refractivity contribution in [3.05, 3.63) is 112 Å². The molecule has 0 amide bonds. The Labute approximate surface area is 223 Å². The number of nitro groups is 1. The third-order valence-electron chi connectivity index (χ3n) is 5.19. The van der Waals surface area contributed by atoms with Gasteiger partial charge in [0.25, 0.3) is 15.7 Å². The topological polar surface area (TPSA) is 162 Å². The molecule has 0 aliphatic heterocycles. The zero-order valence-corrected chi connectivity index (χ0v) is 21.2. The number of carbonyl (C=O) groups is 1. The zero-order valence-electron chi connectivity index (χ0n) is 20.3. The quantitative estimate of drug-likeness (QED) is 0.0959. The van der Waals surface area contributed by atoms with E-state index in [0.29, 0.717) is 22.6 Å². The van der Waals surface area contributed by atoms with Crippen LogP contribution in [-0.4, -0.2) is 37.6 Å². The summed E-state index contributed by atoms with van der Waals surface area (Å²) in [6.07, 6.45) is 4.35. The van der Waals surface area contributed by atoms with Gasteiger partial charge in [0, 0.05) is 30.2 Å². The van der Waals surface area contributed by atoms with Gasteiger partial charge in [0.05, 0.1) is 29.5 Å². The predicted molar refractivity (Wildman–Crippen MR) is 144 cm³/mol. The highest BCUT2D eigenvalue weighted by Crippen LogP contribution is 2.29. The van der Waals surface area contributed by atoms with Crippen LogP contribution in [0.4, 0.5) is 17.1 Å². The molecule has 0 unspecified atom stereocenters. The van der Waals surface area contributed by atoms with Crippen molar-refractivity contribution in [2.75, 3.05) is 17.3 Å². The SMILES string of the molecule is COc1ccc(NS(=O)(=O)c2cc([N+](=O)[O-])ccc2NN=Cc2ccc(OC(=O)c3cccnc3)cc2)cc1. The average Bonchev–Trinajstić information content (AvgIpc) is 2.94. The number of nitrogens with zero attached hydrogens (tertiary/aromatic N) is 3. The number of pyridine rings is 1. The Balaban J connectivity index is 1.49. The minimum atomic E-state index is -4.24. The van der Waals surface area contributed by atoms with E-state index in [1.165, 1.54) is 37.7 Å². The van der Waals surface area contributed by atoms with E-state index >= 15 is 0 Å². The molecule has 0 fully saturated rings. The summed E-state index contributed by atoms with van der Waals surface area (Å²) in [5, 5.41) is 15.3. The molecule has 0 spiro atoms. The monoisotopic (exact) mass is 547 g/mol. The fourth-order valence-corrected chi connectivity index (χ4v) is 4.49. The number of benzene rings is 3. The lowest BCUT2D eigenvalue weighted by atomic mass is 10.2. The van der Waals surface area contributed by atoms with E-state index in [1.807, 2.05) is 0 Å². The summed E-state index contributed by atoms with van der Waals surface area (Å²) < 4.78 is 39.0. The first-order valence-corrected chi connectivity index (χ1v) is 12.7. The molecule has 4 rings (SSSR count). The van der Waals surface area contributed by atoms with Gasteiger partial charge in [-0.25, -0.2) is 13.2 Å². The van der Waals surface area contributed by atoms with E-state index in [4.69, 9.17) is 9.47 Å². The van der Waals surface area contributed by atoms with Crippen LogP contribution in [-0.2, 0) is 10.0 Å². The van der Waals surface area contributed by atoms with Gasteiger partial charge >= 0.3 is 5.97 Å². The first-order chi connectivity index (χ1) is 18.7. The normalized spacial score (nSPS) is 11.1. The van der Waals surface area contributed by atoms with E-state index in [0.717, 1.165) is 12.1 Å². The summed E-state index contributed by atoms with van der Waals surface area (Å²) in [6.45, 7) is 0. The molecule has 0 radical (unpaired) electrons. The van der Waals surface area contributed by atoms with Crippen LogP contribution in [0.1, 0.15) is 15.9 Å². The number of aromatic nitrogens is 1. The van der Waals surface area contributed by atoms with Gasteiger partial charge in [-0.15, -0.1) is 0 Å². The second kappa shape index (κ2) is 11.8. The molecule has 4 aromatic rings. The molecule has 0 aliphatic rings. The zero-order chi connectivity index (χ0) is 27.8. The number of hydrogen-bond acceptors (Lipinski definition) is 10. The van der Waals surface area contributed by atoms with Crippen molar-refractivity contribution in [3.63, 3.8) is 0 Å². The first kappa shape index (κ1) is 26.8. The maximum Gasteiger partial charge on any atom is 0.345 e. The highest BCUT2D eigenvalue weighted by atomic mass is 32.2. The third-order valence-corrected chi connectivity index (χ3v) is 6.62. The Kier molecular flexibility index (Phi) is 8.12.